The topological polar surface area (TPSA) is 71.5 Å². The molecule has 1 aromatic heterocycles. The monoisotopic (exact) mass is 334 g/mol. The van der Waals surface area contributed by atoms with Gasteiger partial charge in [-0.05, 0) is 18.2 Å². The number of amides is 1. The highest BCUT2D eigenvalue weighted by molar-refractivity contribution is 7.09. The number of nitrogens with one attached hydrogen (secondary N) is 1. The van der Waals surface area contributed by atoms with Crippen LogP contribution in [0.3, 0.4) is 0 Å². The molecule has 6 heteroatoms. The first-order valence-electron chi connectivity index (χ1n) is 7.47. The molecule has 1 aromatic carbocycles. The number of aliphatic hydroxyl groups is 1. The molecule has 2 N–H and O–H groups in total. The van der Waals surface area contributed by atoms with E-state index in [2.05, 4.69) is 36.5 Å². The largest absolute Gasteiger partial charge is 0.486 e. The van der Waals surface area contributed by atoms with Crippen LogP contribution in [0.4, 0.5) is 0 Å². The van der Waals surface area contributed by atoms with Gasteiger partial charge in [0, 0.05) is 22.9 Å². The van der Waals surface area contributed by atoms with Gasteiger partial charge < -0.3 is 15.2 Å². The Kier molecular flexibility index (Phi) is 5.74. The van der Waals surface area contributed by atoms with Crippen LogP contribution in [-0.2, 0) is 12.0 Å². The number of ether oxygens (including phenoxy) is 1. The molecular formula is C17H22N2O3S. The fourth-order valence-electron chi connectivity index (χ4n) is 1.87. The van der Waals surface area contributed by atoms with Crippen molar-refractivity contribution >= 4 is 17.2 Å². The Morgan fingerprint density at radius 3 is 2.83 bits per heavy atom. The number of hydrogen-bond donors (Lipinski definition) is 2. The highest BCUT2D eigenvalue weighted by Gasteiger charge is 2.17. The zero-order valence-corrected chi connectivity index (χ0v) is 14.4. The van der Waals surface area contributed by atoms with Crippen molar-refractivity contribution in [3.8, 4) is 5.75 Å². The number of aromatic nitrogens is 1. The molecular weight excluding hydrogens is 312 g/mol. The molecule has 2 rings (SSSR count). The molecule has 0 spiro atoms. The van der Waals surface area contributed by atoms with Crippen molar-refractivity contribution < 1.29 is 14.6 Å². The van der Waals surface area contributed by atoms with Gasteiger partial charge in [-0.2, -0.15) is 0 Å². The van der Waals surface area contributed by atoms with Crippen molar-refractivity contribution in [1.29, 1.82) is 0 Å². The van der Waals surface area contributed by atoms with E-state index in [0.717, 1.165) is 10.7 Å². The number of hydrogen-bond acceptors (Lipinski definition) is 5. The molecule has 23 heavy (non-hydrogen) atoms. The van der Waals surface area contributed by atoms with E-state index < -0.39 is 0 Å². The molecule has 0 aliphatic carbocycles. The van der Waals surface area contributed by atoms with E-state index in [1.54, 1.807) is 35.6 Å². The maximum Gasteiger partial charge on any atom is 0.251 e. The van der Waals surface area contributed by atoms with Crippen molar-refractivity contribution in [2.75, 3.05) is 13.2 Å². The summed E-state index contributed by atoms with van der Waals surface area (Å²) in [6, 6.07) is 6.97. The molecule has 0 aliphatic rings. The summed E-state index contributed by atoms with van der Waals surface area (Å²) >= 11 is 1.57. The summed E-state index contributed by atoms with van der Waals surface area (Å²) in [7, 11) is 0. The summed E-state index contributed by atoms with van der Waals surface area (Å²) in [6.45, 7) is 6.91. The highest BCUT2D eigenvalue weighted by Crippen LogP contribution is 2.24. The van der Waals surface area contributed by atoms with E-state index in [0.29, 0.717) is 17.9 Å². The smallest absolute Gasteiger partial charge is 0.251 e. The van der Waals surface area contributed by atoms with Gasteiger partial charge >= 0.3 is 0 Å². The van der Waals surface area contributed by atoms with Crippen molar-refractivity contribution in [2.24, 2.45) is 0 Å². The van der Waals surface area contributed by atoms with E-state index in [4.69, 9.17) is 9.84 Å². The fraction of sp³-hybridized carbons (Fsp3) is 0.412. The average molecular weight is 334 g/mol. The number of aliphatic hydroxyl groups excluding tert-OH is 1. The van der Waals surface area contributed by atoms with Crippen LogP contribution >= 0.6 is 11.3 Å². The first kappa shape index (κ1) is 17.4. The zero-order valence-electron chi connectivity index (χ0n) is 13.6. The second kappa shape index (κ2) is 7.57. The minimum absolute atomic E-state index is 0.0272. The number of rotatable bonds is 6. The predicted molar refractivity (Wildman–Crippen MR) is 91.0 cm³/mol. The van der Waals surface area contributed by atoms with Crippen molar-refractivity contribution in [3.63, 3.8) is 0 Å². The van der Waals surface area contributed by atoms with Crippen LogP contribution in [0.15, 0.2) is 29.6 Å². The SMILES string of the molecule is CC(C)(C)c1csc(COc2cccc(C(=O)NCCO)c2)n1. The minimum atomic E-state index is -0.228. The van der Waals surface area contributed by atoms with Crippen LogP contribution in [-0.4, -0.2) is 29.1 Å². The Labute approximate surface area is 140 Å². The summed E-state index contributed by atoms with van der Waals surface area (Å²) in [6.07, 6.45) is 0. The Balaban J connectivity index is 1.98. The summed E-state index contributed by atoms with van der Waals surface area (Å²) in [5.74, 6) is 0.392. The molecule has 124 valence electrons. The molecule has 5 nitrogen and oxygen atoms in total. The van der Waals surface area contributed by atoms with Gasteiger partial charge in [0.1, 0.15) is 17.4 Å². The lowest BCUT2D eigenvalue weighted by Crippen LogP contribution is -2.26. The van der Waals surface area contributed by atoms with E-state index in [1.165, 1.54) is 0 Å². The van der Waals surface area contributed by atoms with Gasteiger partial charge in [-0.25, -0.2) is 4.98 Å². The van der Waals surface area contributed by atoms with Gasteiger partial charge in [-0.3, -0.25) is 4.79 Å². The molecule has 0 unspecified atom stereocenters. The Hall–Kier alpha value is -1.92. The van der Waals surface area contributed by atoms with Gasteiger partial charge in [0.15, 0.2) is 0 Å². The second-order valence-corrected chi connectivity index (χ2v) is 7.12. The van der Waals surface area contributed by atoms with Crippen LogP contribution in [0, 0.1) is 0 Å². The Morgan fingerprint density at radius 1 is 1.39 bits per heavy atom. The van der Waals surface area contributed by atoms with Crippen LogP contribution < -0.4 is 10.1 Å². The molecule has 1 amide bonds. The fourth-order valence-corrected chi connectivity index (χ4v) is 2.80. The van der Waals surface area contributed by atoms with E-state index in [9.17, 15) is 4.79 Å². The molecule has 0 aliphatic heterocycles. The maximum absolute atomic E-state index is 11.9. The molecule has 2 aromatic rings. The number of carbonyl (C=O) groups excluding carboxylic acids is 1. The summed E-state index contributed by atoms with van der Waals surface area (Å²) < 4.78 is 5.73. The Bertz CT molecular complexity index is 662. The normalized spacial score (nSPS) is 11.3. The third-order valence-corrected chi connectivity index (χ3v) is 4.00. The Morgan fingerprint density at radius 2 is 2.17 bits per heavy atom. The number of carbonyl (C=O) groups is 1. The van der Waals surface area contributed by atoms with E-state index in [-0.39, 0.29) is 24.5 Å². The first-order chi connectivity index (χ1) is 10.9. The molecule has 0 radical (unpaired) electrons. The van der Waals surface area contributed by atoms with E-state index in [1.807, 2.05) is 0 Å². The molecule has 0 saturated carbocycles. The zero-order chi connectivity index (χ0) is 16.9. The third-order valence-electron chi connectivity index (χ3n) is 3.18. The standard InChI is InChI=1S/C17H22N2O3S/c1-17(2,3)14-11-23-15(19-14)10-22-13-6-4-5-12(9-13)16(21)18-7-8-20/h4-6,9,11,20H,7-8,10H2,1-3H3,(H,18,21). The van der Waals surface area contributed by atoms with Crippen LogP contribution in [0.2, 0.25) is 0 Å². The molecule has 1 heterocycles. The van der Waals surface area contributed by atoms with Gasteiger partial charge in [-0.1, -0.05) is 26.8 Å². The predicted octanol–water partition coefficient (Wildman–Crippen LogP) is 2.74. The van der Waals surface area contributed by atoms with Crippen molar-refractivity contribution in [3.05, 3.63) is 45.9 Å². The number of benzene rings is 1. The van der Waals surface area contributed by atoms with Gasteiger partial charge in [0.25, 0.3) is 5.91 Å². The quantitative estimate of drug-likeness (QED) is 0.852. The van der Waals surface area contributed by atoms with E-state index >= 15 is 0 Å². The first-order valence-corrected chi connectivity index (χ1v) is 8.35. The average Bonchev–Trinajstić information content (AvgIpc) is 3.00. The van der Waals surface area contributed by atoms with Crippen molar-refractivity contribution in [2.45, 2.75) is 32.8 Å². The van der Waals surface area contributed by atoms with Gasteiger partial charge in [0.2, 0.25) is 0 Å². The molecule has 0 bridgehead atoms. The van der Waals surface area contributed by atoms with Crippen LogP contribution in [0.1, 0.15) is 41.8 Å². The number of thiazole rings is 1. The van der Waals surface area contributed by atoms with Gasteiger partial charge in [-0.15, -0.1) is 11.3 Å². The highest BCUT2D eigenvalue weighted by atomic mass is 32.1. The minimum Gasteiger partial charge on any atom is -0.486 e. The lowest BCUT2D eigenvalue weighted by molar-refractivity contribution is 0.0944. The van der Waals surface area contributed by atoms with Crippen LogP contribution in [0.5, 0.6) is 5.75 Å². The second-order valence-electron chi connectivity index (χ2n) is 6.17. The lowest BCUT2D eigenvalue weighted by atomic mass is 9.93. The lowest BCUT2D eigenvalue weighted by Gasteiger charge is -2.14. The molecule has 0 saturated heterocycles. The summed E-state index contributed by atoms with van der Waals surface area (Å²) in [5, 5.41) is 14.3. The van der Waals surface area contributed by atoms with Gasteiger partial charge in [0.05, 0.1) is 12.3 Å². The molecule has 0 atom stereocenters. The maximum atomic E-state index is 11.9. The van der Waals surface area contributed by atoms with Crippen LogP contribution in [0.25, 0.3) is 0 Å². The van der Waals surface area contributed by atoms with Crippen molar-refractivity contribution in [1.82, 2.24) is 10.3 Å². The summed E-state index contributed by atoms with van der Waals surface area (Å²) in [5.41, 5.74) is 1.59. The number of nitrogens with zero attached hydrogens (tertiary/aromatic N) is 1. The summed E-state index contributed by atoms with van der Waals surface area (Å²) in [4.78, 5) is 16.4. The molecule has 0 fully saturated rings. The third kappa shape index (κ3) is 5.04.